The number of halogens is 2. The number of nitrogens with zero attached hydrogens (tertiary/aromatic N) is 1. The molecule has 1 fully saturated rings. The van der Waals surface area contributed by atoms with E-state index in [1.807, 2.05) is 18.8 Å². The fourth-order valence-electron chi connectivity index (χ4n) is 3.03. The predicted molar refractivity (Wildman–Crippen MR) is 85.7 cm³/mol. The van der Waals surface area contributed by atoms with E-state index in [0.717, 1.165) is 32.1 Å². The molecule has 21 heavy (non-hydrogen) atoms. The molecule has 5 heteroatoms. The van der Waals surface area contributed by atoms with Crippen LogP contribution >= 0.6 is 11.8 Å². The molecule has 118 valence electrons. The maximum atomic E-state index is 13.3. The van der Waals surface area contributed by atoms with E-state index < -0.39 is 11.6 Å². The minimum Gasteiger partial charge on any atom is -0.313 e. The minimum atomic E-state index is -0.512. The summed E-state index contributed by atoms with van der Waals surface area (Å²) in [7, 11) is 1.84. The Labute approximate surface area is 130 Å². The van der Waals surface area contributed by atoms with Gasteiger partial charge in [0.1, 0.15) is 11.6 Å². The van der Waals surface area contributed by atoms with Crippen LogP contribution in [0.3, 0.4) is 0 Å². The molecule has 1 aliphatic heterocycles. The van der Waals surface area contributed by atoms with Crippen LogP contribution in [0.2, 0.25) is 0 Å². The lowest BCUT2D eigenvalue weighted by molar-refractivity contribution is 0.256. The van der Waals surface area contributed by atoms with Crippen molar-refractivity contribution in [1.29, 1.82) is 0 Å². The van der Waals surface area contributed by atoms with Gasteiger partial charge in [0.2, 0.25) is 0 Å². The molecule has 0 spiro atoms. The Morgan fingerprint density at radius 2 is 1.76 bits per heavy atom. The van der Waals surface area contributed by atoms with Gasteiger partial charge >= 0.3 is 0 Å². The van der Waals surface area contributed by atoms with Crippen LogP contribution in [0, 0.1) is 11.6 Å². The van der Waals surface area contributed by atoms with Crippen LogP contribution < -0.4 is 5.32 Å². The molecular formula is C16H24F2N2S. The molecule has 1 aliphatic rings. The van der Waals surface area contributed by atoms with Crippen molar-refractivity contribution in [2.45, 2.75) is 36.8 Å². The highest BCUT2D eigenvalue weighted by molar-refractivity contribution is 8.00. The first-order chi connectivity index (χ1) is 9.97. The Kier molecular flexibility index (Phi) is 6.02. The number of nitrogens with one attached hydrogen (secondary N) is 1. The SMILES string of the molecule is CNC(CCN1CC(C)SC(C)C1)c1cc(F)cc(F)c1. The van der Waals surface area contributed by atoms with Crippen LogP contribution in [0.4, 0.5) is 8.78 Å². The minimum absolute atomic E-state index is 0.0182. The standard InChI is InChI=1S/C16H24F2N2S/c1-11-9-20(10-12(2)21-11)5-4-16(19-3)13-6-14(17)8-15(18)7-13/h6-8,11-12,16,19H,4-5,9-10H2,1-3H3. The quantitative estimate of drug-likeness (QED) is 0.896. The van der Waals surface area contributed by atoms with Crippen molar-refractivity contribution in [3.05, 3.63) is 35.4 Å². The van der Waals surface area contributed by atoms with Gasteiger partial charge in [-0.3, -0.25) is 0 Å². The molecule has 1 N–H and O–H groups in total. The highest BCUT2D eigenvalue weighted by Gasteiger charge is 2.23. The van der Waals surface area contributed by atoms with E-state index in [2.05, 4.69) is 24.1 Å². The van der Waals surface area contributed by atoms with Gasteiger partial charge in [-0.1, -0.05) is 13.8 Å². The average Bonchev–Trinajstić information content (AvgIpc) is 2.37. The molecule has 0 saturated carbocycles. The summed E-state index contributed by atoms with van der Waals surface area (Å²) in [4.78, 5) is 2.45. The Hall–Kier alpha value is -0.650. The number of rotatable bonds is 5. The smallest absolute Gasteiger partial charge is 0.126 e. The van der Waals surface area contributed by atoms with Crippen LogP contribution in [0.15, 0.2) is 18.2 Å². The second kappa shape index (κ2) is 7.56. The largest absolute Gasteiger partial charge is 0.313 e. The third-order valence-electron chi connectivity index (χ3n) is 3.86. The number of thioether (sulfide) groups is 1. The molecule has 3 unspecified atom stereocenters. The normalized spacial score (nSPS) is 25.0. The van der Waals surface area contributed by atoms with Gasteiger partial charge in [-0.05, 0) is 31.2 Å². The Morgan fingerprint density at radius 1 is 1.19 bits per heavy atom. The summed E-state index contributed by atoms with van der Waals surface area (Å²) in [5.41, 5.74) is 0.683. The summed E-state index contributed by atoms with van der Waals surface area (Å²) in [6.45, 7) is 7.63. The summed E-state index contributed by atoms with van der Waals surface area (Å²) >= 11 is 2.03. The Morgan fingerprint density at radius 3 is 2.29 bits per heavy atom. The number of hydrogen-bond donors (Lipinski definition) is 1. The zero-order valence-electron chi connectivity index (χ0n) is 12.9. The van der Waals surface area contributed by atoms with Gasteiger partial charge in [0.15, 0.2) is 0 Å². The molecule has 1 saturated heterocycles. The zero-order valence-corrected chi connectivity index (χ0v) is 13.7. The average molecular weight is 314 g/mol. The van der Waals surface area contributed by atoms with Crippen LogP contribution in [-0.2, 0) is 0 Å². The van der Waals surface area contributed by atoms with Gasteiger partial charge in [-0.15, -0.1) is 0 Å². The van der Waals surface area contributed by atoms with E-state index in [1.54, 1.807) is 0 Å². The van der Waals surface area contributed by atoms with Crippen LogP contribution in [0.5, 0.6) is 0 Å². The summed E-state index contributed by atoms with van der Waals surface area (Å²) < 4.78 is 26.7. The first-order valence-electron chi connectivity index (χ1n) is 7.49. The van der Waals surface area contributed by atoms with Crippen molar-refractivity contribution >= 4 is 11.8 Å². The Balaban J connectivity index is 1.96. The lowest BCUT2D eigenvalue weighted by atomic mass is 10.0. The fourth-order valence-corrected chi connectivity index (χ4v) is 4.42. The van der Waals surface area contributed by atoms with Gasteiger partial charge < -0.3 is 10.2 Å². The van der Waals surface area contributed by atoms with E-state index in [4.69, 9.17) is 0 Å². The van der Waals surface area contributed by atoms with Crippen LogP contribution in [0.1, 0.15) is 31.9 Å². The van der Waals surface area contributed by atoms with Crippen LogP contribution in [0.25, 0.3) is 0 Å². The molecule has 0 radical (unpaired) electrons. The number of hydrogen-bond acceptors (Lipinski definition) is 3. The van der Waals surface area contributed by atoms with Crippen LogP contribution in [-0.4, -0.2) is 42.1 Å². The molecule has 3 atom stereocenters. The summed E-state index contributed by atoms with van der Waals surface area (Å²) in [6, 6.07) is 3.74. The number of benzene rings is 1. The molecule has 1 aromatic carbocycles. The lowest BCUT2D eigenvalue weighted by Gasteiger charge is -2.35. The second-order valence-electron chi connectivity index (χ2n) is 5.85. The summed E-state index contributed by atoms with van der Waals surface area (Å²) in [5.74, 6) is -1.02. The van der Waals surface area contributed by atoms with Crippen molar-refractivity contribution in [2.75, 3.05) is 26.7 Å². The monoisotopic (exact) mass is 314 g/mol. The third kappa shape index (κ3) is 4.94. The molecule has 0 aromatic heterocycles. The molecule has 0 bridgehead atoms. The third-order valence-corrected chi connectivity index (χ3v) is 5.09. The molecule has 2 nitrogen and oxygen atoms in total. The maximum absolute atomic E-state index is 13.3. The highest BCUT2D eigenvalue weighted by atomic mass is 32.2. The maximum Gasteiger partial charge on any atom is 0.126 e. The Bertz CT molecular complexity index is 439. The molecular weight excluding hydrogens is 290 g/mol. The van der Waals surface area contributed by atoms with E-state index in [0.29, 0.717) is 16.1 Å². The van der Waals surface area contributed by atoms with Crippen molar-refractivity contribution in [3.63, 3.8) is 0 Å². The van der Waals surface area contributed by atoms with Gasteiger partial charge in [0.05, 0.1) is 0 Å². The molecule has 0 amide bonds. The second-order valence-corrected chi connectivity index (χ2v) is 7.73. The van der Waals surface area contributed by atoms with Gasteiger partial charge in [0.25, 0.3) is 0 Å². The lowest BCUT2D eigenvalue weighted by Crippen LogP contribution is -2.41. The molecule has 2 rings (SSSR count). The summed E-state index contributed by atoms with van der Waals surface area (Å²) in [5, 5.41) is 4.46. The molecule has 1 heterocycles. The first kappa shape index (κ1) is 16.7. The van der Waals surface area contributed by atoms with Crippen molar-refractivity contribution < 1.29 is 8.78 Å². The van der Waals surface area contributed by atoms with E-state index in [1.165, 1.54) is 12.1 Å². The summed E-state index contributed by atoms with van der Waals surface area (Å²) in [6.07, 6.45) is 0.851. The van der Waals surface area contributed by atoms with Crippen molar-refractivity contribution in [2.24, 2.45) is 0 Å². The first-order valence-corrected chi connectivity index (χ1v) is 8.43. The van der Waals surface area contributed by atoms with Crippen molar-refractivity contribution in [1.82, 2.24) is 10.2 Å². The van der Waals surface area contributed by atoms with Gasteiger partial charge in [-0.25, -0.2) is 8.78 Å². The topological polar surface area (TPSA) is 15.3 Å². The molecule has 0 aliphatic carbocycles. The zero-order chi connectivity index (χ0) is 15.4. The molecule has 1 aromatic rings. The van der Waals surface area contributed by atoms with E-state index in [-0.39, 0.29) is 6.04 Å². The highest BCUT2D eigenvalue weighted by Crippen LogP contribution is 2.26. The fraction of sp³-hybridized carbons (Fsp3) is 0.625. The van der Waals surface area contributed by atoms with Crippen molar-refractivity contribution in [3.8, 4) is 0 Å². The predicted octanol–water partition coefficient (Wildman–Crippen LogP) is 3.44. The van der Waals surface area contributed by atoms with Gasteiger partial charge in [-0.2, -0.15) is 11.8 Å². The van der Waals surface area contributed by atoms with Gasteiger partial charge in [0, 0.05) is 42.2 Å². The van der Waals surface area contributed by atoms with E-state index >= 15 is 0 Å². The van der Waals surface area contributed by atoms with E-state index in [9.17, 15) is 8.78 Å².